The Hall–Kier alpha value is -4.24. The molecule has 0 spiro atoms. The molecule has 0 aliphatic heterocycles. The number of likely N-dealkylation sites (N-methyl/N-ethyl adjacent to an activating group) is 1. The second-order valence-electron chi connectivity index (χ2n) is 7.93. The van der Waals surface area contributed by atoms with Gasteiger partial charge in [0.15, 0.2) is 0 Å². The number of aromatic nitrogens is 4. The van der Waals surface area contributed by atoms with Gasteiger partial charge in [-0.3, -0.25) is 0 Å². The average Bonchev–Trinajstić information content (AvgIpc) is 2.93. The fourth-order valence-corrected chi connectivity index (χ4v) is 3.66. The molecule has 0 aliphatic rings. The van der Waals surface area contributed by atoms with Crippen molar-refractivity contribution in [1.29, 1.82) is 0 Å². The molecule has 4 rings (SSSR count). The van der Waals surface area contributed by atoms with Gasteiger partial charge < -0.3 is 25.0 Å². The topological polar surface area (TPSA) is 97.3 Å². The Morgan fingerprint density at radius 1 is 0.889 bits per heavy atom. The van der Waals surface area contributed by atoms with Crippen molar-refractivity contribution in [2.24, 2.45) is 0 Å². The predicted molar refractivity (Wildman–Crippen MR) is 142 cm³/mol. The van der Waals surface area contributed by atoms with Crippen LogP contribution in [0.25, 0.3) is 11.1 Å². The monoisotopic (exact) mass is 485 g/mol. The Balaban J connectivity index is 1.52. The number of para-hydroxylation sites is 2. The first kappa shape index (κ1) is 24.9. The average molecular weight is 486 g/mol. The third-order valence-corrected chi connectivity index (χ3v) is 5.70. The van der Waals surface area contributed by atoms with Gasteiger partial charge >= 0.3 is 0 Å². The molecule has 0 unspecified atom stereocenters. The van der Waals surface area contributed by atoms with Gasteiger partial charge in [0, 0.05) is 41.9 Å². The van der Waals surface area contributed by atoms with Crippen molar-refractivity contribution in [3.63, 3.8) is 0 Å². The Morgan fingerprint density at radius 2 is 1.64 bits per heavy atom. The van der Waals surface area contributed by atoms with E-state index in [9.17, 15) is 0 Å². The summed E-state index contributed by atoms with van der Waals surface area (Å²) in [6.45, 7) is 7.91. The molecular formula is C27H31N7O2. The highest BCUT2D eigenvalue weighted by atomic mass is 16.5. The largest absolute Gasteiger partial charge is 0.495 e. The molecule has 0 saturated heterocycles. The van der Waals surface area contributed by atoms with Crippen LogP contribution in [0.4, 0.5) is 23.1 Å². The third-order valence-electron chi connectivity index (χ3n) is 5.70. The molecule has 0 saturated carbocycles. The number of nitrogens with one attached hydrogen (secondary N) is 2. The van der Waals surface area contributed by atoms with Crippen LogP contribution in [0.3, 0.4) is 0 Å². The van der Waals surface area contributed by atoms with Gasteiger partial charge in [-0.1, -0.05) is 26.0 Å². The van der Waals surface area contributed by atoms with E-state index < -0.39 is 0 Å². The van der Waals surface area contributed by atoms with Crippen molar-refractivity contribution >= 4 is 23.1 Å². The quantitative estimate of drug-likeness (QED) is 0.282. The SMILES string of the molecule is CCN(CC)CCOc1ccc(Nc2ncc(-c3cncnc3)c(Nc3ccccc3OC)n2)cc1. The summed E-state index contributed by atoms with van der Waals surface area (Å²) in [5.74, 6) is 2.58. The fourth-order valence-electron chi connectivity index (χ4n) is 3.66. The maximum atomic E-state index is 5.88. The number of anilines is 4. The van der Waals surface area contributed by atoms with Crippen molar-refractivity contribution in [1.82, 2.24) is 24.8 Å². The Labute approximate surface area is 211 Å². The van der Waals surface area contributed by atoms with Gasteiger partial charge in [-0.15, -0.1) is 0 Å². The fraction of sp³-hybridized carbons (Fsp3) is 0.259. The van der Waals surface area contributed by atoms with Crippen LogP contribution in [-0.4, -0.2) is 58.2 Å². The van der Waals surface area contributed by atoms with E-state index in [4.69, 9.17) is 14.5 Å². The first-order valence-corrected chi connectivity index (χ1v) is 11.9. The molecule has 36 heavy (non-hydrogen) atoms. The van der Waals surface area contributed by atoms with E-state index in [1.807, 2.05) is 48.5 Å². The van der Waals surface area contributed by atoms with Crippen molar-refractivity contribution < 1.29 is 9.47 Å². The Kier molecular flexibility index (Phi) is 8.61. The number of hydrogen-bond acceptors (Lipinski definition) is 9. The molecule has 9 heteroatoms. The maximum absolute atomic E-state index is 5.88. The van der Waals surface area contributed by atoms with Crippen LogP contribution in [0.2, 0.25) is 0 Å². The zero-order valence-corrected chi connectivity index (χ0v) is 20.8. The van der Waals surface area contributed by atoms with Crippen LogP contribution >= 0.6 is 0 Å². The first-order chi connectivity index (χ1) is 17.7. The maximum Gasteiger partial charge on any atom is 0.229 e. The molecule has 2 aromatic carbocycles. The number of rotatable bonds is 12. The summed E-state index contributed by atoms with van der Waals surface area (Å²) in [6.07, 6.45) is 6.69. The lowest BCUT2D eigenvalue weighted by atomic mass is 10.1. The Morgan fingerprint density at radius 3 is 2.36 bits per heavy atom. The number of nitrogens with zero attached hydrogens (tertiary/aromatic N) is 5. The van der Waals surface area contributed by atoms with Gasteiger partial charge in [-0.2, -0.15) is 4.98 Å². The minimum Gasteiger partial charge on any atom is -0.495 e. The second-order valence-corrected chi connectivity index (χ2v) is 7.93. The minimum absolute atomic E-state index is 0.447. The number of hydrogen-bond donors (Lipinski definition) is 2. The van der Waals surface area contributed by atoms with Crippen LogP contribution in [-0.2, 0) is 0 Å². The summed E-state index contributed by atoms with van der Waals surface area (Å²) in [5, 5.41) is 6.64. The summed E-state index contributed by atoms with van der Waals surface area (Å²) in [7, 11) is 1.64. The predicted octanol–water partition coefficient (Wildman–Crippen LogP) is 5.15. The van der Waals surface area contributed by atoms with Gasteiger partial charge in [0.05, 0.1) is 12.8 Å². The lowest BCUT2D eigenvalue weighted by molar-refractivity contribution is 0.223. The van der Waals surface area contributed by atoms with Crippen molar-refractivity contribution in [2.75, 3.05) is 44.0 Å². The highest BCUT2D eigenvalue weighted by Crippen LogP contribution is 2.32. The smallest absolute Gasteiger partial charge is 0.229 e. The first-order valence-electron chi connectivity index (χ1n) is 11.9. The van der Waals surface area contributed by atoms with Gasteiger partial charge in [0.1, 0.15) is 30.3 Å². The molecular weight excluding hydrogens is 454 g/mol. The van der Waals surface area contributed by atoms with E-state index in [0.717, 1.165) is 47.9 Å². The molecule has 9 nitrogen and oxygen atoms in total. The third kappa shape index (κ3) is 6.45. The number of benzene rings is 2. The summed E-state index contributed by atoms with van der Waals surface area (Å²) in [6, 6.07) is 15.4. The molecule has 0 atom stereocenters. The van der Waals surface area contributed by atoms with Gasteiger partial charge in [0.2, 0.25) is 5.95 Å². The summed E-state index contributed by atoms with van der Waals surface area (Å²) in [4.78, 5) is 19.9. The summed E-state index contributed by atoms with van der Waals surface area (Å²) in [5.41, 5.74) is 3.20. The highest BCUT2D eigenvalue weighted by molar-refractivity contribution is 5.79. The van der Waals surface area contributed by atoms with Gasteiger partial charge in [-0.25, -0.2) is 15.0 Å². The van der Waals surface area contributed by atoms with Crippen molar-refractivity contribution in [3.8, 4) is 22.6 Å². The van der Waals surface area contributed by atoms with E-state index >= 15 is 0 Å². The van der Waals surface area contributed by atoms with Crippen LogP contribution < -0.4 is 20.1 Å². The van der Waals surface area contributed by atoms with Crippen LogP contribution in [0, 0.1) is 0 Å². The molecule has 4 aromatic rings. The van der Waals surface area contributed by atoms with E-state index in [-0.39, 0.29) is 0 Å². The second kappa shape index (κ2) is 12.5. The standard InChI is InChI=1S/C27H31N7O2/c1-4-34(5-2)14-15-36-22-12-10-21(11-13-22)31-27-30-18-23(20-16-28-19-29-17-20)26(33-27)32-24-8-6-7-9-25(24)35-3/h6-13,16-19H,4-5,14-15H2,1-3H3,(H2,30,31,32,33). The molecule has 0 fully saturated rings. The van der Waals surface area contributed by atoms with Crippen molar-refractivity contribution in [3.05, 3.63) is 73.4 Å². The number of ether oxygens (including phenoxy) is 2. The minimum atomic E-state index is 0.447. The lowest BCUT2D eigenvalue weighted by Crippen LogP contribution is -2.27. The molecule has 0 amide bonds. The Bertz CT molecular complexity index is 1230. The van der Waals surface area contributed by atoms with Crippen LogP contribution in [0.5, 0.6) is 11.5 Å². The van der Waals surface area contributed by atoms with E-state index in [2.05, 4.69) is 44.3 Å². The van der Waals surface area contributed by atoms with Gasteiger partial charge in [0.25, 0.3) is 0 Å². The van der Waals surface area contributed by atoms with E-state index in [1.54, 1.807) is 25.7 Å². The van der Waals surface area contributed by atoms with Gasteiger partial charge in [-0.05, 0) is 49.5 Å². The summed E-state index contributed by atoms with van der Waals surface area (Å²) < 4.78 is 11.4. The highest BCUT2D eigenvalue weighted by Gasteiger charge is 2.13. The van der Waals surface area contributed by atoms with Crippen molar-refractivity contribution in [2.45, 2.75) is 13.8 Å². The lowest BCUT2D eigenvalue weighted by Gasteiger charge is -2.18. The van der Waals surface area contributed by atoms with E-state index in [0.29, 0.717) is 24.1 Å². The molecule has 0 aliphatic carbocycles. The molecule has 0 bridgehead atoms. The molecule has 2 N–H and O–H groups in total. The molecule has 2 aromatic heterocycles. The van der Waals surface area contributed by atoms with Crippen LogP contribution in [0.1, 0.15) is 13.8 Å². The normalized spacial score (nSPS) is 10.8. The van der Waals surface area contributed by atoms with Crippen LogP contribution in [0.15, 0.2) is 73.4 Å². The zero-order valence-electron chi connectivity index (χ0n) is 20.8. The molecule has 186 valence electrons. The zero-order chi connectivity index (χ0) is 25.2. The summed E-state index contributed by atoms with van der Waals surface area (Å²) >= 11 is 0. The number of methoxy groups -OCH3 is 1. The van der Waals surface area contributed by atoms with E-state index in [1.165, 1.54) is 6.33 Å². The molecule has 0 radical (unpaired) electrons. The molecule has 2 heterocycles.